The first-order valence-corrected chi connectivity index (χ1v) is 5.40. The lowest BCUT2D eigenvalue weighted by Gasteiger charge is -2.21. The molecule has 2 nitrogen and oxygen atoms in total. The zero-order valence-electron chi connectivity index (χ0n) is 8.84. The zero-order valence-corrected chi connectivity index (χ0v) is 8.84. The highest BCUT2D eigenvalue weighted by Gasteiger charge is 2.11. The van der Waals surface area contributed by atoms with Crippen molar-refractivity contribution < 1.29 is 0 Å². The Bertz CT molecular complexity index is 377. The number of terminal acetylenes is 1. The third kappa shape index (κ3) is 2.31. The Labute approximate surface area is 91.1 Å². The molecule has 1 aliphatic rings. The van der Waals surface area contributed by atoms with E-state index in [1.807, 2.05) is 0 Å². The Morgan fingerprint density at radius 3 is 3.27 bits per heavy atom. The van der Waals surface area contributed by atoms with Crippen molar-refractivity contribution in [3.05, 3.63) is 29.3 Å². The molecule has 1 aromatic carbocycles. The highest BCUT2D eigenvalue weighted by Crippen LogP contribution is 2.25. The molecule has 0 atom stereocenters. The van der Waals surface area contributed by atoms with E-state index in [1.54, 1.807) is 0 Å². The fourth-order valence-electron chi connectivity index (χ4n) is 2.00. The Morgan fingerprint density at radius 2 is 2.40 bits per heavy atom. The van der Waals surface area contributed by atoms with Crippen molar-refractivity contribution in [2.45, 2.75) is 19.4 Å². The molecule has 0 saturated heterocycles. The van der Waals surface area contributed by atoms with Gasteiger partial charge in [0.15, 0.2) is 0 Å². The summed E-state index contributed by atoms with van der Waals surface area (Å²) in [7, 11) is 0. The summed E-state index contributed by atoms with van der Waals surface area (Å²) in [6.07, 6.45) is 7.62. The summed E-state index contributed by atoms with van der Waals surface area (Å²) in [5.41, 5.74) is 4.07. The summed E-state index contributed by atoms with van der Waals surface area (Å²) in [4.78, 5) is 0. The van der Waals surface area contributed by atoms with E-state index >= 15 is 0 Å². The van der Waals surface area contributed by atoms with Crippen molar-refractivity contribution in [3.63, 3.8) is 0 Å². The maximum absolute atomic E-state index is 5.20. The van der Waals surface area contributed by atoms with Gasteiger partial charge in [0.25, 0.3) is 0 Å². The van der Waals surface area contributed by atoms with Gasteiger partial charge in [-0.2, -0.15) is 0 Å². The topological polar surface area (TPSA) is 24.1 Å². The fourth-order valence-corrected chi connectivity index (χ4v) is 2.00. The molecule has 0 amide bonds. The van der Waals surface area contributed by atoms with Crippen LogP contribution in [0.1, 0.15) is 17.5 Å². The fraction of sp³-hybridized carbons (Fsp3) is 0.385. The molecule has 1 aliphatic heterocycles. The van der Waals surface area contributed by atoms with Crippen LogP contribution in [0.15, 0.2) is 18.2 Å². The molecule has 1 heterocycles. The Hall–Kier alpha value is -1.46. The molecule has 15 heavy (non-hydrogen) atoms. The van der Waals surface area contributed by atoms with Gasteiger partial charge in [0.1, 0.15) is 0 Å². The predicted molar refractivity (Wildman–Crippen MR) is 63.8 cm³/mol. The van der Waals surface area contributed by atoms with Crippen molar-refractivity contribution in [2.75, 3.05) is 18.4 Å². The van der Waals surface area contributed by atoms with Gasteiger partial charge in [-0.15, -0.1) is 6.42 Å². The van der Waals surface area contributed by atoms with E-state index in [9.17, 15) is 0 Å². The van der Waals surface area contributed by atoms with Crippen LogP contribution in [0.3, 0.4) is 0 Å². The SMILES string of the molecule is C#CCNCc1cccc2c1NCCC2. The van der Waals surface area contributed by atoms with Gasteiger partial charge in [0.05, 0.1) is 6.54 Å². The first-order valence-electron chi connectivity index (χ1n) is 5.40. The van der Waals surface area contributed by atoms with Gasteiger partial charge in [-0.25, -0.2) is 0 Å². The average Bonchev–Trinajstić information content (AvgIpc) is 2.30. The maximum atomic E-state index is 5.20. The van der Waals surface area contributed by atoms with Crippen LogP contribution in [0.4, 0.5) is 5.69 Å². The molecular formula is C13H16N2. The minimum atomic E-state index is 0.629. The molecule has 0 spiro atoms. The second-order valence-electron chi connectivity index (χ2n) is 3.79. The number of para-hydroxylation sites is 1. The summed E-state index contributed by atoms with van der Waals surface area (Å²) in [5, 5.41) is 6.69. The minimum absolute atomic E-state index is 0.629. The molecule has 1 aromatic rings. The van der Waals surface area contributed by atoms with E-state index in [4.69, 9.17) is 6.42 Å². The van der Waals surface area contributed by atoms with Gasteiger partial charge in [-0.1, -0.05) is 24.1 Å². The van der Waals surface area contributed by atoms with E-state index in [2.05, 4.69) is 34.8 Å². The van der Waals surface area contributed by atoms with Crippen molar-refractivity contribution >= 4 is 5.69 Å². The van der Waals surface area contributed by atoms with Gasteiger partial charge >= 0.3 is 0 Å². The lowest BCUT2D eigenvalue weighted by atomic mass is 9.99. The molecule has 2 N–H and O–H groups in total. The number of nitrogens with one attached hydrogen (secondary N) is 2. The van der Waals surface area contributed by atoms with Crippen molar-refractivity contribution in [3.8, 4) is 12.3 Å². The quantitative estimate of drug-likeness (QED) is 0.574. The van der Waals surface area contributed by atoms with E-state index in [0.29, 0.717) is 6.54 Å². The van der Waals surface area contributed by atoms with Gasteiger partial charge < -0.3 is 10.6 Å². The lowest BCUT2D eigenvalue weighted by molar-refractivity contribution is 0.759. The first-order chi connectivity index (χ1) is 7.42. The van der Waals surface area contributed by atoms with Gasteiger partial charge in [0, 0.05) is 18.8 Å². The summed E-state index contributed by atoms with van der Waals surface area (Å²) < 4.78 is 0. The highest BCUT2D eigenvalue weighted by atomic mass is 14.9. The minimum Gasteiger partial charge on any atom is -0.385 e. The predicted octanol–water partition coefficient (Wildman–Crippen LogP) is 1.77. The van der Waals surface area contributed by atoms with Crippen LogP contribution >= 0.6 is 0 Å². The van der Waals surface area contributed by atoms with Crippen molar-refractivity contribution in [1.29, 1.82) is 0 Å². The molecule has 2 rings (SSSR count). The van der Waals surface area contributed by atoms with E-state index in [-0.39, 0.29) is 0 Å². The number of benzene rings is 1. The normalized spacial score (nSPS) is 13.8. The highest BCUT2D eigenvalue weighted by molar-refractivity contribution is 5.59. The Morgan fingerprint density at radius 1 is 1.47 bits per heavy atom. The first kappa shape index (κ1) is 10.1. The van der Waals surface area contributed by atoms with Crippen LogP contribution in [0.2, 0.25) is 0 Å². The average molecular weight is 200 g/mol. The number of hydrogen-bond donors (Lipinski definition) is 2. The molecule has 0 bridgehead atoms. The summed E-state index contributed by atoms with van der Waals surface area (Å²) in [6.45, 7) is 2.56. The molecule has 2 heteroatoms. The van der Waals surface area contributed by atoms with E-state index in [1.165, 1.54) is 29.7 Å². The van der Waals surface area contributed by atoms with Crippen LogP contribution in [-0.4, -0.2) is 13.1 Å². The van der Waals surface area contributed by atoms with Gasteiger partial charge in [0.2, 0.25) is 0 Å². The molecule has 0 aliphatic carbocycles. The monoisotopic (exact) mass is 200 g/mol. The molecule has 0 radical (unpaired) electrons. The molecule has 0 fully saturated rings. The maximum Gasteiger partial charge on any atom is 0.0576 e. The van der Waals surface area contributed by atoms with Crippen LogP contribution in [-0.2, 0) is 13.0 Å². The summed E-state index contributed by atoms with van der Waals surface area (Å²) in [6, 6.07) is 6.48. The lowest BCUT2D eigenvalue weighted by Crippen LogP contribution is -2.18. The van der Waals surface area contributed by atoms with Crippen molar-refractivity contribution in [1.82, 2.24) is 5.32 Å². The van der Waals surface area contributed by atoms with Crippen LogP contribution in [0.25, 0.3) is 0 Å². The second-order valence-corrected chi connectivity index (χ2v) is 3.79. The standard InChI is InChI=1S/C13H16N2/c1-2-8-14-10-12-6-3-5-11-7-4-9-15-13(11)12/h1,3,5-6,14-15H,4,7-10H2. The Kier molecular flexibility index (Phi) is 3.26. The number of aryl methyl sites for hydroxylation is 1. The molecule has 0 unspecified atom stereocenters. The number of hydrogen-bond acceptors (Lipinski definition) is 2. The van der Waals surface area contributed by atoms with E-state index in [0.717, 1.165) is 13.1 Å². The van der Waals surface area contributed by atoms with Gasteiger partial charge in [-0.05, 0) is 24.0 Å². The number of fused-ring (bicyclic) bond motifs is 1. The second kappa shape index (κ2) is 4.86. The van der Waals surface area contributed by atoms with E-state index < -0.39 is 0 Å². The van der Waals surface area contributed by atoms with Crippen molar-refractivity contribution in [2.24, 2.45) is 0 Å². The largest absolute Gasteiger partial charge is 0.385 e. The number of anilines is 1. The number of rotatable bonds is 3. The molecule has 0 saturated carbocycles. The third-order valence-corrected chi connectivity index (χ3v) is 2.70. The summed E-state index contributed by atoms with van der Waals surface area (Å²) >= 11 is 0. The summed E-state index contributed by atoms with van der Waals surface area (Å²) in [5.74, 6) is 2.59. The smallest absolute Gasteiger partial charge is 0.0576 e. The third-order valence-electron chi connectivity index (χ3n) is 2.70. The molecule has 0 aromatic heterocycles. The molecular weight excluding hydrogens is 184 g/mol. The van der Waals surface area contributed by atoms with Gasteiger partial charge in [-0.3, -0.25) is 0 Å². The van der Waals surface area contributed by atoms with Crippen LogP contribution < -0.4 is 10.6 Å². The van der Waals surface area contributed by atoms with Crippen LogP contribution in [0.5, 0.6) is 0 Å². The van der Waals surface area contributed by atoms with Crippen LogP contribution in [0, 0.1) is 12.3 Å². The molecule has 78 valence electrons. The zero-order chi connectivity index (χ0) is 10.5. The Balaban J connectivity index is 2.13.